The molecule has 0 aliphatic heterocycles. The number of hydrogen-bond acceptors (Lipinski definition) is 2. The van der Waals surface area contributed by atoms with Crippen molar-refractivity contribution >= 4 is 28.4 Å². The molecule has 4 aromatic rings. The van der Waals surface area contributed by atoms with E-state index in [0.717, 1.165) is 28.5 Å². The first-order valence-electron chi connectivity index (χ1n) is 10.5. The van der Waals surface area contributed by atoms with Gasteiger partial charge in [-0.25, -0.2) is 0 Å². The molecule has 0 aliphatic rings. The zero-order chi connectivity index (χ0) is 21.6. The molecule has 0 saturated carbocycles. The quantitative estimate of drug-likeness (QED) is 0.349. The first-order chi connectivity index (χ1) is 15.2. The third kappa shape index (κ3) is 4.59. The highest BCUT2D eigenvalue weighted by molar-refractivity contribution is 6.31. The number of carbonyl (C=O) groups is 1. The Bertz CT molecular complexity index is 1180. The van der Waals surface area contributed by atoms with Gasteiger partial charge in [-0.15, -0.1) is 0 Å². The van der Waals surface area contributed by atoms with Crippen molar-refractivity contribution in [3.8, 4) is 5.75 Å². The van der Waals surface area contributed by atoms with Crippen LogP contribution < -0.4 is 10.1 Å². The lowest BCUT2D eigenvalue weighted by Gasteiger charge is -2.20. The van der Waals surface area contributed by atoms with Crippen molar-refractivity contribution in [2.45, 2.75) is 19.3 Å². The van der Waals surface area contributed by atoms with E-state index >= 15 is 0 Å². The number of benzene rings is 3. The molecule has 4 rings (SSSR count). The molecule has 1 unspecified atom stereocenters. The van der Waals surface area contributed by atoms with Crippen molar-refractivity contribution in [3.05, 3.63) is 101 Å². The number of nitrogens with one attached hydrogen (secondary N) is 2. The third-order valence-electron chi connectivity index (χ3n) is 5.34. The minimum absolute atomic E-state index is 0.0995. The minimum Gasteiger partial charge on any atom is -0.493 e. The average molecular weight is 433 g/mol. The van der Waals surface area contributed by atoms with Gasteiger partial charge in [-0.3, -0.25) is 4.79 Å². The van der Waals surface area contributed by atoms with Crippen LogP contribution in [-0.2, 0) is 0 Å². The molecule has 2 N–H and O–H groups in total. The fourth-order valence-corrected chi connectivity index (χ4v) is 4.08. The SMILES string of the molecule is CCCOc1ccccc1C(=O)NCC(c1ccccc1Cl)c1c[nH]c2ccccc12. The van der Waals surface area contributed by atoms with Gasteiger partial charge in [0, 0.05) is 34.6 Å². The van der Waals surface area contributed by atoms with Crippen LogP contribution in [0.2, 0.25) is 5.02 Å². The van der Waals surface area contributed by atoms with Gasteiger partial charge in [-0.2, -0.15) is 0 Å². The number of hydrogen-bond donors (Lipinski definition) is 2. The van der Waals surface area contributed by atoms with E-state index in [0.29, 0.717) is 29.5 Å². The Morgan fingerprint density at radius 1 is 1.00 bits per heavy atom. The number of ether oxygens (including phenoxy) is 1. The molecule has 0 spiro atoms. The first-order valence-corrected chi connectivity index (χ1v) is 10.9. The summed E-state index contributed by atoms with van der Waals surface area (Å²) >= 11 is 6.56. The second-order valence-electron chi connectivity index (χ2n) is 7.42. The Hall–Kier alpha value is -3.24. The highest BCUT2D eigenvalue weighted by atomic mass is 35.5. The number of para-hydroxylation sites is 2. The Labute approximate surface area is 187 Å². The summed E-state index contributed by atoms with van der Waals surface area (Å²) in [4.78, 5) is 16.4. The fourth-order valence-electron chi connectivity index (χ4n) is 3.81. The zero-order valence-corrected chi connectivity index (χ0v) is 18.2. The van der Waals surface area contributed by atoms with E-state index in [2.05, 4.69) is 16.4 Å². The van der Waals surface area contributed by atoms with Gasteiger partial charge in [0.05, 0.1) is 12.2 Å². The molecule has 1 aromatic heterocycles. The lowest BCUT2D eigenvalue weighted by Crippen LogP contribution is -2.29. The average Bonchev–Trinajstić information content (AvgIpc) is 3.23. The minimum atomic E-state index is -0.163. The number of amides is 1. The molecule has 1 amide bonds. The molecule has 3 aromatic carbocycles. The van der Waals surface area contributed by atoms with E-state index in [9.17, 15) is 4.79 Å². The van der Waals surface area contributed by atoms with Crippen LogP contribution in [0.15, 0.2) is 79.0 Å². The van der Waals surface area contributed by atoms with E-state index in [1.807, 2.05) is 73.8 Å². The predicted octanol–water partition coefficient (Wildman–Crippen LogP) is 6.17. The molecule has 0 radical (unpaired) electrons. The number of carbonyl (C=O) groups excluding carboxylic acids is 1. The van der Waals surface area contributed by atoms with Crippen LogP contribution in [0.4, 0.5) is 0 Å². The van der Waals surface area contributed by atoms with Crippen LogP contribution in [-0.4, -0.2) is 24.0 Å². The number of rotatable bonds is 8. The smallest absolute Gasteiger partial charge is 0.255 e. The molecule has 158 valence electrons. The topological polar surface area (TPSA) is 54.1 Å². The molecular weight excluding hydrogens is 408 g/mol. The van der Waals surface area contributed by atoms with Gasteiger partial charge in [-0.1, -0.05) is 67.1 Å². The number of H-pyrrole nitrogens is 1. The lowest BCUT2D eigenvalue weighted by atomic mass is 9.90. The highest BCUT2D eigenvalue weighted by Crippen LogP contribution is 2.34. The molecule has 5 heteroatoms. The standard InChI is InChI=1S/C26H25ClN2O2/c1-2-15-31-25-14-8-5-11-20(25)26(30)29-17-21(18-9-3-6-12-23(18)27)22-16-28-24-13-7-4-10-19(22)24/h3-14,16,21,28H,2,15,17H2,1H3,(H,29,30). The Balaban J connectivity index is 1.64. The van der Waals surface area contributed by atoms with Gasteiger partial charge >= 0.3 is 0 Å². The monoisotopic (exact) mass is 432 g/mol. The molecule has 0 saturated heterocycles. The van der Waals surface area contributed by atoms with Crippen molar-refractivity contribution in [2.24, 2.45) is 0 Å². The fraction of sp³-hybridized carbons (Fsp3) is 0.192. The van der Waals surface area contributed by atoms with E-state index in [4.69, 9.17) is 16.3 Å². The molecule has 0 fully saturated rings. The van der Waals surface area contributed by atoms with Gasteiger partial charge in [-0.05, 0) is 41.8 Å². The Morgan fingerprint density at radius 2 is 1.74 bits per heavy atom. The van der Waals surface area contributed by atoms with Gasteiger partial charge < -0.3 is 15.0 Å². The Morgan fingerprint density at radius 3 is 2.58 bits per heavy atom. The molecule has 1 atom stereocenters. The largest absolute Gasteiger partial charge is 0.493 e. The molecule has 31 heavy (non-hydrogen) atoms. The number of halogens is 1. The van der Waals surface area contributed by atoms with E-state index in [-0.39, 0.29) is 11.8 Å². The van der Waals surface area contributed by atoms with Crippen molar-refractivity contribution < 1.29 is 9.53 Å². The third-order valence-corrected chi connectivity index (χ3v) is 5.68. The molecule has 0 aliphatic carbocycles. The van der Waals surface area contributed by atoms with E-state index in [1.54, 1.807) is 6.07 Å². The highest BCUT2D eigenvalue weighted by Gasteiger charge is 2.22. The maximum absolute atomic E-state index is 13.1. The van der Waals surface area contributed by atoms with Gasteiger partial charge in [0.2, 0.25) is 0 Å². The van der Waals surface area contributed by atoms with Gasteiger partial charge in [0.15, 0.2) is 0 Å². The number of fused-ring (bicyclic) bond motifs is 1. The molecule has 4 nitrogen and oxygen atoms in total. The summed E-state index contributed by atoms with van der Waals surface area (Å²) in [6, 6.07) is 23.3. The van der Waals surface area contributed by atoms with Gasteiger partial charge in [0.1, 0.15) is 5.75 Å². The zero-order valence-electron chi connectivity index (χ0n) is 17.4. The van der Waals surface area contributed by atoms with Crippen molar-refractivity contribution in [3.63, 3.8) is 0 Å². The van der Waals surface area contributed by atoms with Crippen LogP contribution >= 0.6 is 11.6 Å². The second kappa shape index (κ2) is 9.71. The summed E-state index contributed by atoms with van der Waals surface area (Å²) < 4.78 is 5.76. The Kier molecular flexibility index (Phi) is 6.58. The van der Waals surface area contributed by atoms with Crippen molar-refractivity contribution in [2.75, 3.05) is 13.2 Å². The van der Waals surface area contributed by atoms with E-state index < -0.39 is 0 Å². The first kappa shape index (κ1) is 21.0. The number of aromatic nitrogens is 1. The van der Waals surface area contributed by atoms with Crippen LogP contribution in [0.3, 0.4) is 0 Å². The van der Waals surface area contributed by atoms with Crippen LogP contribution in [0.1, 0.15) is 40.7 Å². The van der Waals surface area contributed by atoms with Crippen molar-refractivity contribution in [1.82, 2.24) is 10.3 Å². The lowest BCUT2D eigenvalue weighted by molar-refractivity contribution is 0.0948. The van der Waals surface area contributed by atoms with Crippen molar-refractivity contribution in [1.29, 1.82) is 0 Å². The summed E-state index contributed by atoms with van der Waals surface area (Å²) in [5.41, 5.74) is 3.66. The van der Waals surface area contributed by atoms with E-state index in [1.165, 1.54) is 0 Å². The summed E-state index contributed by atoms with van der Waals surface area (Å²) in [6.45, 7) is 3.02. The summed E-state index contributed by atoms with van der Waals surface area (Å²) in [5, 5.41) is 4.90. The van der Waals surface area contributed by atoms with Crippen LogP contribution in [0.25, 0.3) is 10.9 Å². The summed E-state index contributed by atoms with van der Waals surface area (Å²) in [7, 11) is 0. The summed E-state index contributed by atoms with van der Waals surface area (Å²) in [5.74, 6) is 0.337. The van der Waals surface area contributed by atoms with Crippen LogP contribution in [0.5, 0.6) is 5.75 Å². The van der Waals surface area contributed by atoms with Gasteiger partial charge in [0.25, 0.3) is 5.91 Å². The predicted molar refractivity (Wildman–Crippen MR) is 126 cm³/mol. The second-order valence-corrected chi connectivity index (χ2v) is 7.83. The molecule has 1 heterocycles. The molecule has 0 bridgehead atoms. The van der Waals surface area contributed by atoms with Crippen LogP contribution in [0, 0.1) is 0 Å². The maximum atomic E-state index is 13.1. The molecular formula is C26H25ClN2O2. The summed E-state index contributed by atoms with van der Waals surface area (Å²) in [6.07, 6.45) is 2.88. The maximum Gasteiger partial charge on any atom is 0.255 e. The number of aromatic amines is 1. The normalized spacial score (nSPS) is 11.9.